The third kappa shape index (κ3) is 10.5. The Balaban J connectivity index is 0.811. The molecule has 16 heteroatoms. The number of amides is 4. The van der Waals surface area contributed by atoms with E-state index in [1.165, 1.54) is 12.1 Å². The van der Waals surface area contributed by atoms with Crippen molar-refractivity contribution in [2.24, 2.45) is 5.92 Å². The second kappa shape index (κ2) is 18.7. The molecule has 2 aromatic carbocycles. The molecule has 4 aliphatic rings. The molecular weight excluding hydrogens is 779 g/mol. The fourth-order valence-corrected chi connectivity index (χ4v) is 8.59. The van der Waals surface area contributed by atoms with E-state index in [0.29, 0.717) is 45.8 Å². The van der Waals surface area contributed by atoms with Gasteiger partial charge in [-0.2, -0.15) is 5.26 Å². The van der Waals surface area contributed by atoms with Gasteiger partial charge in [-0.1, -0.05) is 11.6 Å². The average molecular weight is 829 g/mol. The van der Waals surface area contributed by atoms with Crippen LogP contribution in [0.3, 0.4) is 0 Å². The van der Waals surface area contributed by atoms with Gasteiger partial charge in [0.05, 0.1) is 34.6 Å². The Bertz CT molecular complexity index is 2060. The van der Waals surface area contributed by atoms with E-state index < -0.39 is 29.6 Å². The molecule has 3 aromatic rings. The lowest BCUT2D eigenvalue weighted by molar-refractivity contribution is -0.134. The lowest BCUT2D eigenvalue weighted by Crippen LogP contribution is -2.53. The number of rotatable bonds is 13. The van der Waals surface area contributed by atoms with Gasteiger partial charge in [0, 0.05) is 69.2 Å². The molecule has 312 valence electrons. The number of hydrogen-bond donors (Lipinski definition) is 3. The maximum Gasteiger partial charge on any atom is 0.271 e. The van der Waals surface area contributed by atoms with Gasteiger partial charge in [0.2, 0.25) is 11.8 Å². The van der Waals surface area contributed by atoms with Crippen molar-refractivity contribution in [3.8, 4) is 17.6 Å². The van der Waals surface area contributed by atoms with Crippen molar-refractivity contribution in [1.82, 2.24) is 30.8 Å². The summed E-state index contributed by atoms with van der Waals surface area (Å²) in [7, 11) is 0. The molecule has 1 atom stereocenters. The minimum atomic E-state index is -0.887. The number of benzene rings is 2. The summed E-state index contributed by atoms with van der Waals surface area (Å²) in [6, 6.07) is 11.1. The SMILES string of the molecule is CC(C)N(CC1CCN(c2cnc(C(=O)N[C@H]3CC[C@H](Oc4ccc(C#N)c(Cl)c4)CC3)cn2)CC1)[C@H]1C[C@H](Oc2ccc(C(=O)NC3CCC(=O)NC3=O)c(F)c2)C1. The number of nitrogens with one attached hydrogen (secondary N) is 3. The molecule has 4 amide bonds. The average Bonchev–Trinajstić information content (AvgIpc) is 3.20. The summed E-state index contributed by atoms with van der Waals surface area (Å²) in [5.74, 6) is -0.417. The number of piperidine rings is 2. The first-order valence-electron chi connectivity index (χ1n) is 20.5. The summed E-state index contributed by atoms with van der Waals surface area (Å²) >= 11 is 6.15. The largest absolute Gasteiger partial charge is 0.490 e. The molecule has 0 spiro atoms. The number of aromatic nitrogens is 2. The summed E-state index contributed by atoms with van der Waals surface area (Å²) < 4.78 is 27.1. The van der Waals surface area contributed by atoms with E-state index in [4.69, 9.17) is 26.3 Å². The highest BCUT2D eigenvalue weighted by Gasteiger charge is 2.38. The van der Waals surface area contributed by atoms with Crippen LogP contribution >= 0.6 is 11.6 Å². The van der Waals surface area contributed by atoms with Crippen LogP contribution < -0.4 is 30.3 Å². The van der Waals surface area contributed by atoms with Crippen LogP contribution in [0.2, 0.25) is 5.02 Å². The smallest absolute Gasteiger partial charge is 0.271 e. The fourth-order valence-electron chi connectivity index (χ4n) is 8.38. The first kappa shape index (κ1) is 41.8. The summed E-state index contributed by atoms with van der Waals surface area (Å²) in [5.41, 5.74) is 0.514. The number of carbonyl (C=O) groups excluding carboxylic acids is 4. The molecule has 0 radical (unpaired) electrons. The molecule has 3 heterocycles. The zero-order valence-corrected chi connectivity index (χ0v) is 34.1. The van der Waals surface area contributed by atoms with Gasteiger partial charge in [0.1, 0.15) is 47.0 Å². The molecule has 2 aliphatic heterocycles. The quantitative estimate of drug-likeness (QED) is 0.190. The molecule has 2 saturated carbocycles. The van der Waals surface area contributed by atoms with Crippen molar-refractivity contribution in [2.75, 3.05) is 24.5 Å². The highest BCUT2D eigenvalue weighted by molar-refractivity contribution is 6.31. The van der Waals surface area contributed by atoms with Crippen molar-refractivity contribution in [2.45, 2.75) is 114 Å². The molecule has 7 rings (SSSR count). The Labute approximate surface area is 348 Å². The molecule has 14 nitrogen and oxygen atoms in total. The summed E-state index contributed by atoms with van der Waals surface area (Å²) in [6.45, 7) is 7.08. The Hall–Kier alpha value is -5.33. The first-order valence-corrected chi connectivity index (χ1v) is 20.9. The van der Waals surface area contributed by atoms with Crippen LogP contribution in [0.5, 0.6) is 11.5 Å². The minimum absolute atomic E-state index is 0.0137. The van der Waals surface area contributed by atoms with E-state index >= 15 is 0 Å². The van der Waals surface area contributed by atoms with Crippen molar-refractivity contribution in [1.29, 1.82) is 5.26 Å². The van der Waals surface area contributed by atoms with Gasteiger partial charge in [0.25, 0.3) is 11.8 Å². The van der Waals surface area contributed by atoms with Gasteiger partial charge in [-0.15, -0.1) is 0 Å². The Morgan fingerprint density at radius 1 is 0.949 bits per heavy atom. The molecule has 0 bridgehead atoms. The summed E-state index contributed by atoms with van der Waals surface area (Å²) in [5, 5.41) is 17.2. The molecule has 1 unspecified atom stereocenters. The second-order valence-electron chi connectivity index (χ2n) is 16.3. The molecule has 59 heavy (non-hydrogen) atoms. The van der Waals surface area contributed by atoms with E-state index in [9.17, 15) is 23.6 Å². The maximum absolute atomic E-state index is 15.0. The van der Waals surface area contributed by atoms with Crippen LogP contribution in [-0.2, 0) is 9.59 Å². The highest BCUT2D eigenvalue weighted by Crippen LogP contribution is 2.34. The lowest BCUT2D eigenvalue weighted by atomic mass is 9.85. The molecule has 2 aliphatic carbocycles. The summed E-state index contributed by atoms with van der Waals surface area (Å²) in [6.07, 6.45) is 10.2. The number of halogens is 2. The van der Waals surface area contributed by atoms with Crippen LogP contribution in [0.4, 0.5) is 10.2 Å². The molecule has 4 fully saturated rings. The third-order valence-electron chi connectivity index (χ3n) is 11.9. The number of anilines is 1. The van der Waals surface area contributed by atoms with Crippen molar-refractivity contribution < 1.29 is 33.0 Å². The number of ether oxygens (including phenoxy) is 2. The number of carbonyl (C=O) groups is 4. The van der Waals surface area contributed by atoms with Crippen molar-refractivity contribution in [3.63, 3.8) is 0 Å². The first-order chi connectivity index (χ1) is 28.4. The lowest BCUT2D eigenvalue weighted by Gasteiger charge is -2.46. The highest BCUT2D eigenvalue weighted by atomic mass is 35.5. The van der Waals surface area contributed by atoms with Gasteiger partial charge < -0.3 is 25.0 Å². The van der Waals surface area contributed by atoms with Gasteiger partial charge in [-0.25, -0.2) is 14.4 Å². The van der Waals surface area contributed by atoms with E-state index in [0.717, 1.165) is 76.8 Å². The van der Waals surface area contributed by atoms with Gasteiger partial charge in [-0.3, -0.25) is 29.4 Å². The van der Waals surface area contributed by atoms with Crippen LogP contribution in [0, 0.1) is 23.1 Å². The third-order valence-corrected chi connectivity index (χ3v) is 12.2. The standard InChI is InChI=1S/C43H50ClFN8O6/c1-25(2)53(29-17-33(18-29)59-32-9-10-34(36(45)20-32)41(55)50-37-11-12-40(54)51-42(37)56)24-26-13-15-52(16-14-26)39-23-47-38(22-48-39)43(57)49-28-4-7-30(8-5-28)58-31-6-3-27(21-46)35(44)19-31/h3,6,9-10,19-20,22-23,25-26,28-30,33,37H,4-5,7-8,11-18,24H2,1-2H3,(H,49,57)(H,50,55)(H,51,54,56)/t28-,29-,30-,33-,37?. The molecule has 1 aromatic heterocycles. The van der Waals surface area contributed by atoms with Gasteiger partial charge in [-0.05, 0) is 89.0 Å². The Kier molecular flexibility index (Phi) is 13.3. The maximum atomic E-state index is 15.0. The van der Waals surface area contributed by atoms with Crippen molar-refractivity contribution in [3.05, 3.63) is 76.5 Å². The van der Waals surface area contributed by atoms with E-state index in [2.05, 4.69) is 49.6 Å². The Morgan fingerprint density at radius 2 is 1.66 bits per heavy atom. The molecular formula is C43H50ClFN8O6. The van der Waals surface area contributed by atoms with E-state index in [-0.39, 0.29) is 42.6 Å². The topological polar surface area (TPSA) is 179 Å². The van der Waals surface area contributed by atoms with Crippen LogP contribution in [0.25, 0.3) is 0 Å². The molecule has 2 saturated heterocycles. The zero-order valence-electron chi connectivity index (χ0n) is 33.3. The Morgan fingerprint density at radius 3 is 2.31 bits per heavy atom. The predicted molar refractivity (Wildman–Crippen MR) is 217 cm³/mol. The van der Waals surface area contributed by atoms with Crippen LogP contribution in [0.1, 0.15) is 104 Å². The predicted octanol–water partition coefficient (Wildman–Crippen LogP) is 5.33. The second-order valence-corrected chi connectivity index (χ2v) is 16.7. The van der Waals surface area contributed by atoms with Gasteiger partial charge in [0.15, 0.2) is 0 Å². The molecule has 3 N–H and O–H groups in total. The summed E-state index contributed by atoms with van der Waals surface area (Å²) in [4.78, 5) is 62.9. The monoisotopic (exact) mass is 828 g/mol. The number of nitrogens with zero attached hydrogens (tertiary/aromatic N) is 5. The van der Waals surface area contributed by atoms with E-state index in [1.807, 2.05) is 6.07 Å². The number of hydrogen-bond acceptors (Lipinski definition) is 11. The zero-order chi connectivity index (χ0) is 41.6. The minimum Gasteiger partial charge on any atom is -0.490 e. The van der Waals surface area contributed by atoms with Crippen LogP contribution in [-0.4, -0.2) is 94.5 Å². The van der Waals surface area contributed by atoms with Gasteiger partial charge >= 0.3 is 0 Å². The van der Waals surface area contributed by atoms with Crippen molar-refractivity contribution >= 4 is 41.0 Å². The number of nitriles is 1. The fraction of sp³-hybridized carbons (Fsp3) is 0.512. The van der Waals surface area contributed by atoms with E-state index in [1.54, 1.807) is 36.7 Å². The normalized spacial score (nSPS) is 23.5. The number of imide groups is 1. The van der Waals surface area contributed by atoms with Crippen LogP contribution in [0.15, 0.2) is 48.8 Å².